The molecule has 0 bridgehead atoms. The van der Waals surface area contributed by atoms with Crippen LogP contribution in [-0.4, -0.2) is 15.2 Å². The van der Waals surface area contributed by atoms with Gasteiger partial charge in [-0.1, -0.05) is 0 Å². The van der Waals surface area contributed by atoms with E-state index in [4.69, 9.17) is 5.21 Å². The molecule has 1 aromatic heterocycles. The molecule has 0 fully saturated rings. The van der Waals surface area contributed by atoms with Gasteiger partial charge in [0.2, 0.25) is 0 Å². The van der Waals surface area contributed by atoms with Gasteiger partial charge in [0.15, 0.2) is 0 Å². The second kappa shape index (κ2) is 1.51. The van der Waals surface area contributed by atoms with Crippen molar-refractivity contribution in [3.63, 3.8) is 0 Å². The molecule has 0 atom stereocenters. The van der Waals surface area contributed by atoms with E-state index in [2.05, 4.69) is 5.10 Å². The maximum atomic E-state index is 8.64. The summed E-state index contributed by atoms with van der Waals surface area (Å²) in [5.74, 6) is 0. The lowest BCUT2D eigenvalue weighted by atomic mass is 10.3. The zero-order valence-electron chi connectivity index (χ0n) is 4.92. The van der Waals surface area contributed by atoms with Gasteiger partial charge in [-0.05, 0) is 19.4 Å². The van der Waals surface area contributed by atoms with Gasteiger partial charge in [-0.3, -0.25) is 0 Å². The Kier molecular flexibility index (Phi) is 0.970. The number of rotatable bonds is 0. The third-order valence-corrected chi connectivity index (χ3v) is 1.13. The summed E-state index contributed by atoms with van der Waals surface area (Å²) in [7, 11) is 0. The Morgan fingerprint density at radius 3 is 2.38 bits per heavy atom. The molecule has 1 rings (SSSR count). The molecule has 0 aliphatic heterocycles. The quantitative estimate of drug-likeness (QED) is 0.502. The molecule has 0 aliphatic carbocycles. The van der Waals surface area contributed by atoms with E-state index in [0.717, 1.165) is 16.1 Å². The molecule has 0 aliphatic rings. The van der Waals surface area contributed by atoms with Crippen LogP contribution in [0.25, 0.3) is 0 Å². The highest BCUT2D eigenvalue weighted by Crippen LogP contribution is 1.99. The van der Waals surface area contributed by atoms with Crippen LogP contribution in [-0.2, 0) is 0 Å². The van der Waals surface area contributed by atoms with Crippen LogP contribution < -0.4 is 0 Å². The fraction of sp³-hybridized carbons (Fsp3) is 0.400. The predicted octanol–water partition coefficient (Wildman–Crippen LogP) is 0.737. The lowest BCUT2D eigenvalue weighted by Crippen LogP contribution is -1.88. The van der Waals surface area contributed by atoms with Crippen LogP contribution in [0.5, 0.6) is 0 Å². The monoisotopic (exact) mass is 112 g/mol. The molecule has 3 heteroatoms. The minimum Gasteiger partial charge on any atom is -0.412 e. The molecule has 0 unspecified atom stereocenters. The maximum absolute atomic E-state index is 8.64. The number of hydrogen-bond acceptors (Lipinski definition) is 2. The van der Waals surface area contributed by atoms with Crippen molar-refractivity contribution in [2.45, 2.75) is 13.8 Å². The fourth-order valence-corrected chi connectivity index (χ4v) is 0.528. The van der Waals surface area contributed by atoms with Crippen molar-refractivity contribution in [2.24, 2.45) is 0 Å². The largest absolute Gasteiger partial charge is 0.412 e. The van der Waals surface area contributed by atoms with Gasteiger partial charge in [0.25, 0.3) is 0 Å². The standard InChI is InChI=1S/C5H8N2O/c1-4-3-7(8)6-5(4)2/h3,8H,1-2H3. The van der Waals surface area contributed by atoms with E-state index >= 15 is 0 Å². The first kappa shape index (κ1) is 5.15. The van der Waals surface area contributed by atoms with Gasteiger partial charge in [-0.2, -0.15) is 0 Å². The summed E-state index contributed by atoms with van der Waals surface area (Å²) < 4.78 is 0. The first-order valence-electron chi connectivity index (χ1n) is 2.42. The Morgan fingerprint density at radius 2 is 2.25 bits per heavy atom. The first-order chi connectivity index (χ1) is 3.70. The van der Waals surface area contributed by atoms with E-state index in [1.165, 1.54) is 0 Å². The van der Waals surface area contributed by atoms with Gasteiger partial charge in [-0.15, -0.1) is 9.94 Å². The summed E-state index contributed by atoms with van der Waals surface area (Å²) in [5, 5.41) is 12.3. The fourth-order valence-electron chi connectivity index (χ4n) is 0.528. The van der Waals surface area contributed by atoms with Gasteiger partial charge in [0, 0.05) is 0 Å². The molecule has 8 heavy (non-hydrogen) atoms. The van der Waals surface area contributed by atoms with E-state index < -0.39 is 0 Å². The third kappa shape index (κ3) is 0.665. The number of nitrogens with zero attached hydrogens (tertiary/aromatic N) is 2. The van der Waals surface area contributed by atoms with E-state index in [0.29, 0.717) is 0 Å². The number of aromatic nitrogens is 2. The molecule has 0 amide bonds. The van der Waals surface area contributed by atoms with Crippen molar-refractivity contribution in [3.05, 3.63) is 17.5 Å². The topological polar surface area (TPSA) is 38.0 Å². The van der Waals surface area contributed by atoms with Crippen molar-refractivity contribution in [3.8, 4) is 0 Å². The SMILES string of the molecule is Cc1cn(O)nc1C. The van der Waals surface area contributed by atoms with Crippen LogP contribution in [0.15, 0.2) is 6.20 Å². The Labute approximate surface area is 47.5 Å². The normalized spacial score (nSPS) is 9.75. The Hall–Kier alpha value is -0.990. The zero-order chi connectivity index (χ0) is 6.15. The average molecular weight is 112 g/mol. The summed E-state index contributed by atoms with van der Waals surface area (Å²) in [6, 6.07) is 0. The van der Waals surface area contributed by atoms with Gasteiger partial charge in [-0.25, -0.2) is 0 Å². The van der Waals surface area contributed by atoms with Gasteiger partial charge in [0.05, 0.1) is 11.9 Å². The number of hydrogen-bond donors (Lipinski definition) is 1. The molecule has 0 aromatic carbocycles. The molecule has 0 radical (unpaired) electrons. The predicted molar refractivity (Wildman–Crippen MR) is 28.9 cm³/mol. The first-order valence-corrected chi connectivity index (χ1v) is 2.42. The molecule has 1 aromatic rings. The Balaban J connectivity index is 3.14. The summed E-state index contributed by atoms with van der Waals surface area (Å²) >= 11 is 0. The molecule has 1 N–H and O–H groups in total. The summed E-state index contributed by atoms with van der Waals surface area (Å²) in [6.07, 6.45) is 1.56. The number of aryl methyl sites for hydroxylation is 2. The van der Waals surface area contributed by atoms with Crippen LogP contribution >= 0.6 is 0 Å². The third-order valence-electron chi connectivity index (χ3n) is 1.13. The molecule has 0 saturated carbocycles. The summed E-state index contributed by atoms with van der Waals surface area (Å²) in [5.41, 5.74) is 1.88. The van der Waals surface area contributed by atoms with Crippen molar-refractivity contribution in [1.29, 1.82) is 0 Å². The van der Waals surface area contributed by atoms with E-state index in [1.807, 2.05) is 13.8 Å². The van der Waals surface area contributed by atoms with Crippen LogP contribution in [0.4, 0.5) is 0 Å². The second-order valence-electron chi connectivity index (χ2n) is 1.82. The molecule has 0 spiro atoms. The van der Waals surface area contributed by atoms with Crippen molar-refractivity contribution >= 4 is 0 Å². The van der Waals surface area contributed by atoms with Crippen LogP contribution in [0.1, 0.15) is 11.3 Å². The van der Waals surface area contributed by atoms with Crippen LogP contribution in [0.2, 0.25) is 0 Å². The van der Waals surface area contributed by atoms with E-state index in [9.17, 15) is 0 Å². The summed E-state index contributed by atoms with van der Waals surface area (Å²) in [6.45, 7) is 3.75. The lowest BCUT2D eigenvalue weighted by Gasteiger charge is -1.79. The molecular formula is C5H8N2O. The Bertz CT molecular complexity index is 173. The molecule has 0 saturated heterocycles. The van der Waals surface area contributed by atoms with Crippen molar-refractivity contribution < 1.29 is 5.21 Å². The maximum Gasteiger partial charge on any atom is 0.0696 e. The zero-order valence-corrected chi connectivity index (χ0v) is 4.92. The van der Waals surface area contributed by atoms with Crippen molar-refractivity contribution in [1.82, 2.24) is 9.94 Å². The van der Waals surface area contributed by atoms with Gasteiger partial charge >= 0.3 is 0 Å². The van der Waals surface area contributed by atoms with Crippen LogP contribution in [0.3, 0.4) is 0 Å². The lowest BCUT2D eigenvalue weighted by molar-refractivity contribution is 0.148. The van der Waals surface area contributed by atoms with Crippen molar-refractivity contribution in [2.75, 3.05) is 0 Å². The molecule has 44 valence electrons. The highest BCUT2D eigenvalue weighted by Gasteiger charge is 1.94. The molecular weight excluding hydrogens is 104 g/mol. The van der Waals surface area contributed by atoms with Gasteiger partial charge in [0.1, 0.15) is 0 Å². The minimum atomic E-state index is 0.824. The highest BCUT2D eigenvalue weighted by atomic mass is 16.5. The van der Waals surface area contributed by atoms with Crippen LogP contribution in [0, 0.1) is 13.8 Å². The highest BCUT2D eigenvalue weighted by molar-refractivity contribution is 5.11. The molecule has 1 heterocycles. The average Bonchev–Trinajstić information content (AvgIpc) is 1.85. The van der Waals surface area contributed by atoms with E-state index in [-0.39, 0.29) is 0 Å². The minimum absolute atomic E-state index is 0.824. The second-order valence-corrected chi connectivity index (χ2v) is 1.82. The van der Waals surface area contributed by atoms with Gasteiger partial charge < -0.3 is 5.21 Å². The smallest absolute Gasteiger partial charge is 0.0696 e. The summed E-state index contributed by atoms with van der Waals surface area (Å²) in [4.78, 5) is 0.824. The van der Waals surface area contributed by atoms with E-state index in [1.54, 1.807) is 6.20 Å². The Morgan fingerprint density at radius 1 is 1.62 bits per heavy atom. The molecule has 3 nitrogen and oxygen atoms in total.